The van der Waals surface area contributed by atoms with Crippen LogP contribution in [-0.2, 0) is 14.8 Å². The highest BCUT2D eigenvalue weighted by molar-refractivity contribution is 7.89. The molecule has 2 aromatic carbocycles. The zero-order valence-corrected chi connectivity index (χ0v) is 19.2. The van der Waals surface area contributed by atoms with E-state index in [9.17, 15) is 13.2 Å². The maximum Gasteiger partial charge on any atom is 0.255 e. The lowest BCUT2D eigenvalue weighted by Gasteiger charge is -2.12. The fraction of sp³-hybridized carbons (Fsp3) is 0.217. The summed E-state index contributed by atoms with van der Waals surface area (Å²) in [5.74, 6) is -0.318. The number of hydrogen-bond donors (Lipinski definition) is 2. The van der Waals surface area contributed by atoms with Crippen molar-refractivity contribution in [3.63, 3.8) is 0 Å². The van der Waals surface area contributed by atoms with Crippen LogP contribution in [-0.4, -0.2) is 43.0 Å². The maximum absolute atomic E-state index is 12.6. The minimum atomic E-state index is -3.65. The Morgan fingerprint density at radius 1 is 1.15 bits per heavy atom. The normalized spacial score (nSPS) is 16.3. The molecule has 1 saturated heterocycles. The van der Waals surface area contributed by atoms with Crippen LogP contribution in [0.4, 0.5) is 5.69 Å². The summed E-state index contributed by atoms with van der Waals surface area (Å²) in [6, 6.07) is 13.3. The highest BCUT2D eigenvalue weighted by atomic mass is 32.2. The van der Waals surface area contributed by atoms with E-state index in [1.54, 1.807) is 11.3 Å². The lowest BCUT2D eigenvalue weighted by Crippen LogP contribution is -2.31. The minimum absolute atomic E-state index is 0.0820. The number of amides is 1. The van der Waals surface area contributed by atoms with Crippen molar-refractivity contribution in [1.82, 2.24) is 14.1 Å². The molecule has 0 aliphatic carbocycles. The summed E-state index contributed by atoms with van der Waals surface area (Å²) in [7, 11) is -3.65. The summed E-state index contributed by atoms with van der Waals surface area (Å²) in [4.78, 5) is 18.2. The van der Waals surface area contributed by atoms with Crippen molar-refractivity contribution in [2.24, 2.45) is 0 Å². The number of hydrogen-bond acceptors (Lipinski definition) is 6. The van der Waals surface area contributed by atoms with Crippen LogP contribution >= 0.6 is 11.3 Å². The molecule has 2 aromatic heterocycles. The van der Waals surface area contributed by atoms with Gasteiger partial charge in [0, 0.05) is 47.7 Å². The molecule has 1 aliphatic heterocycles. The van der Waals surface area contributed by atoms with Crippen LogP contribution in [0.5, 0.6) is 0 Å². The average molecular weight is 483 g/mol. The molecule has 2 N–H and O–H groups in total. The molecule has 0 radical (unpaired) electrons. The van der Waals surface area contributed by atoms with Gasteiger partial charge >= 0.3 is 0 Å². The van der Waals surface area contributed by atoms with Gasteiger partial charge in [-0.3, -0.25) is 9.20 Å². The minimum Gasteiger partial charge on any atom is -0.377 e. The summed E-state index contributed by atoms with van der Waals surface area (Å²) < 4.78 is 34.9. The first-order chi connectivity index (χ1) is 16.0. The number of aromatic nitrogens is 2. The van der Waals surface area contributed by atoms with E-state index in [0.29, 0.717) is 17.9 Å². The van der Waals surface area contributed by atoms with Gasteiger partial charge in [0.2, 0.25) is 10.0 Å². The largest absolute Gasteiger partial charge is 0.377 e. The van der Waals surface area contributed by atoms with Gasteiger partial charge in [-0.2, -0.15) is 0 Å². The first-order valence-corrected chi connectivity index (χ1v) is 12.9. The number of carbonyl (C=O) groups is 1. The van der Waals surface area contributed by atoms with E-state index in [-0.39, 0.29) is 23.5 Å². The number of sulfonamides is 1. The number of fused-ring (bicyclic) bond motifs is 1. The number of carbonyl (C=O) groups excluding carboxylic acids is 1. The smallest absolute Gasteiger partial charge is 0.255 e. The van der Waals surface area contributed by atoms with E-state index in [4.69, 9.17) is 4.74 Å². The molecule has 1 fully saturated rings. The third kappa shape index (κ3) is 4.83. The molecule has 5 rings (SSSR count). The standard InChI is InChI=1S/C23H22N4O4S2/c28-22(17-5-9-20(10-6-17)33(29,30)24-14-19-2-1-12-31-19)25-18-7-3-16(4-8-18)21-15-27-11-13-32-23(27)26-21/h3-11,13,15,19,24H,1-2,12,14H2,(H,25,28)/t19-/m0/s1. The van der Waals surface area contributed by atoms with Gasteiger partial charge in [-0.25, -0.2) is 18.1 Å². The number of nitrogens with zero attached hydrogens (tertiary/aromatic N) is 2. The maximum atomic E-state index is 12.6. The molecular formula is C23H22N4O4S2. The van der Waals surface area contributed by atoms with Crippen molar-refractivity contribution in [2.45, 2.75) is 23.8 Å². The number of nitrogens with one attached hydrogen (secondary N) is 2. The molecule has 0 spiro atoms. The number of ether oxygens (including phenoxy) is 1. The predicted octanol–water partition coefficient (Wildman–Crippen LogP) is 3.77. The summed E-state index contributed by atoms with van der Waals surface area (Å²) in [5, 5.41) is 4.82. The second-order valence-electron chi connectivity index (χ2n) is 7.76. The number of thiazole rings is 1. The molecule has 10 heteroatoms. The van der Waals surface area contributed by atoms with E-state index >= 15 is 0 Å². The molecule has 0 unspecified atom stereocenters. The summed E-state index contributed by atoms with van der Waals surface area (Å²) >= 11 is 1.57. The van der Waals surface area contributed by atoms with Crippen LogP contribution in [0.2, 0.25) is 0 Å². The second kappa shape index (κ2) is 9.06. The van der Waals surface area contributed by atoms with Crippen LogP contribution in [0.1, 0.15) is 23.2 Å². The Bertz CT molecular complexity index is 1340. The van der Waals surface area contributed by atoms with E-state index in [1.807, 2.05) is 46.4 Å². The topological polar surface area (TPSA) is 102 Å². The fourth-order valence-electron chi connectivity index (χ4n) is 3.67. The van der Waals surface area contributed by atoms with Gasteiger partial charge in [0.05, 0.1) is 16.7 Å². The number of benzene rings is 2. The predicted molar refractivity (Wildman–Crippen MR) is 127 cm³/mol. The zero-order chi connectivity index (χ0) is 22.8. The third-order valence-corrected chi connectivity index (χ3v) is 7.69. The molecule has 170 valence electrons. The Hall–Kier alpha value is -3.05. The average Bonchev–Trinajstić information content (AvgIpc) is 3.56. The van der Waals surface area contributed by atoms with Crippen molar-refractivity contribution < 1.29 is 17.9 Å². The van der Waals surface area contributed by atoms with Gasteiger partial charge in [-0.05, 0) is 49.2 Å². The van der Waals surface area contributed by atoms with Gasteiger partial charge in [0.25, 0.3) is 5.91 Å². The molecule has 0 bridgehead atoms. The lowest BCUT2D eigenvalue weighted by molar-refractivity contribution is 0.102. The van der Waals surface area contributed by atoms with Crippen LogP contribution in [0, 0.1) is 0 Å². The van der Waals surface area contributed by atoms with E-state index < -0.39 is 10.0 Å². The molecule has 4 aromatic rings. The second-order valence-corrected chi connectivity index (χ2v) is 10.4. The first-order valence-electron chi connectivity index (χ1n) is 10.5. The Labute approximate surface area is 195 Å². The van der Waals surface area contributed by atoms with Gasteiger partial charge in [0.15, 0.2) is 4.96 Å². The molecule has 1 atom stereocenters. The van der Waals surface area contributed by atoms with Crippen molar-refractivity contribution in [3.8, 4) is 11.3 Å². The lowest BCUT2D eigenvalue weighted by atomic mass is 10.1. The Balaban J connectivity index is 1.21. The first kappa shape index (κ1) is 21.8. The van der Waals surface area contributed by atoms with Crippen LogP contribution in [0.15, 0.2) is 71.2 Å². The van der Waals surface area contributed by atoms with Gasteiger partial charge in [-0.1, -0.05) is 12.1 Å². The Morgan fingerprint density at radius 3 is 2.64 bits per heavy atom. The monoisotopic (exact) mass is 482 g/mol. The van der Waals surface area contributed by atoms with Crippen molar-refractivity contribution >= 4 is 37.9 Å². The zero-order valence-electron chi connectivity index (χ0n) is 17.6. The Kier molecular flexibility index (Phi) is 5.98. The molecule has 33 heavy (non-hydrogen) atoms. The quantitative estimate of drug-likeness (QED) is 0.418. The molecular weight excluding hydrogens is 460 g/mol. The summed E-state index contributed by atoms with van der Waals surface area (Å²) in [6.07, 6.45) is 5.64. The van der Waals surface area contributed by atoms with Crippen molar-refractivity contribution in [3.05, 3.63) is 71.9 Å². The molecule has 8 nitrogen and oxygen atoms in total. The fourth-order valence-corrected chi connectivity index (χ4v) is 5.44. The third-order valence-electron chi connectivity index (χ3n) is 5.48. The SMILES string of the molecule is O=C(Nc1ccc(-c2cn3ccsc3n2)cc1)c1ccc(S(=O)(=O)NC[C@@H]2CCCO2)cc1. The molecule has 0 saturated carbocycles. The van der Waals surface area contributed by atoms with E-state index in [1.165, 1.54) is 24.3 Å². The van der Waals surface area contributed by atoms with E-state index in [0.717, 1.165) is 29.1 Å². The number of rotatable bonds is 7. The van der Waals surface area contributed by atoms with Gasteiger partial charge in [0.1, 0.15) is 0 Å². The van der Waals surface area contributed by atoms with Crippen molar-refractivity contribution in [1.29, 1.82) is 0 Å². The highest BCUT2D eigenvalue weighted by Crippen LogP contribution is 2.23. The number of imidazole rings is 1. The Morgan fingerprint density at radius 2 is 1.94 bits per heavy atom. The van der Waals surface area contributed by atoms with Crippen LogP contribution in [0.3, 0.4) is 0 Å². The van der Waals surface area contributed by atoms with E-state index in [2.05, 4.69) is 15.0 Å². The van der Waals surface area contributed by atoms with Crippen LogP contribution in [0.25, 0.3) is 16.2 Å². The molecule has 1 aliphatic rings. The summed E-state index contributed by atoms with van der Waals surface area (Å²) in [5.41, 5.74) is 2.82. The molecule has 3 heterocycles. The van der Waals surface area contributed by atoms with Gasteiger partial charge < -0.3 is 10.1 Å². The van der Waals surface area contributed by atoms with Crippen LogP contribution < -0.4 is 10.0 Å². The summed E-state index contributed by atoms with van der Waals surface area (Å²) in [6.45, 7) is 0.915. The highest BCUT2D eigenvalue weighted by Gasteiger charge is 2.20. The van der Waals surface area contributed by atoms with Gasteiger partial charge in [-0.15, -0.1) is 11.3 Å². The number of anilines is 1. The molecule has 1 amide bonds. The van der Waals surface area contributed by atoms with Crippen molar-refractivity contribution in [2.75, 3.05) is 18.5 Å².